The molecule has 0 aromatic rings. The van der Waals surface area contributed by atoms with Crippen LogP contribution in [0.5, 0.6) is 0 Å². The molecule has 0 saturated carbocycles. The molecule has 160 valence electrons. The summed E-state index contributed by atoms with van der Waals surface area (Å²) in [5.74, 6) is 0. The van der Waals surface area contributed by atoms with Gasteiger partial charge in [-0.15, -0.1) is 0 Å². The molecule has 2 fully saturated rings. The van der Waals surface area contributed by atoms with E-state index >= 15 is 0 Å². The van der Waals surface area contributed by atoms with Gasteiger partial charge in [0.2, 0.25) is 0 Å². The third kappa shape index (κ3) is 6.00. The molecule has 0 aliphatic carbocycles. The van der Waals surface area contributed by atoms with Crippen LogP contribution in [0.15, 0.2) is 0 Å². The third-order valence-corrected chi connectivity index (χ3v) is 6.81. The Kier molecular flexibility index (Phi) is 7.60. The maximum absolute atomic E-state index is 11.8. The first-order valence-corrected chi connectivity index (χ1v) is 11.0. The molecule has 2 aliphatic heterocycles. The summed E-state index contributed by atoms with van der Waals surface area (Å²) in [7, 11) is -10.2. The van der Waals surface area contributed by atoms with Gasteiger partial charge in [0.1, 0.15) is 36.6 Å². The van der Waals surface area contributed by atoms with Gasteiger partial charge in [-0.25, -0.2) is 9.13 Å². The molecule has 10 atom stereocenters. The van der Waals surface area contributed by atoms with E-state index in [4.69, 9.17) is 9.47 Å². The van der Waals surface area contributed by atoms with Crippen molar-refractivity contribution in [2.24, 2.45) is 0 Å². The molecule has 0 radical (unpaired) electrons. The summed E-state index contributed by atoms with van der Waals surface area (Å²) < 4.78 is 46.9. The van der Waals surface area contributed by atoms with Gasteiger partial charge in [-0.3, -0.25) is 9.05 Å². The average Bonchev–Trinajstić information content (AvgIpc) is 2.95. The maximum atomic E-state index is 11.8. The minimum atomic E-state index is -5.10. The van der Waals surface area contributed by atoms with Gasteiger partial charge in [-0.2, -0.15) is 4.31 Å². The molecule has 6 N–H and O–H groups in total. The van der Waals surface area contributed by atoms with Crippen molar-refractivity contribution in [3.8, 4) is 0 Å². The van der Waals surface area contributed by atoms with Crippen LogP contribution >= 0.6 is 15.6 Å². The standard InChI is InChI=1S/C12H24O13P2/c1-5-9(13)11(15)7(23-5)3-21-26(17,18)25-27(19,20)22-4-8-12(16)10(14)6(2)24-8/h5-16H,3-4H2,1-2H3,(H,17,18)(H,19,20)/t5?,6?,7-,8-,9+,10+,11-,12-/m1/s1. The van der Waals surface area contributed by atoms with Crippen molar-refractivity contribution in [1.29, 1.82) is 0 Å². The smallest absolute Gasteiger partial charge is 0.388 e. The number of ether oxygens (including phenoxy) is 2. The summed E-state index contributed by atoms with van der Waals surface area (Å²) in [5.41, 5.74) is 0. The van der Waals surface area contributed by atoms with Crippen LogP contribution in [0.2, 0.25) is 0 Å². The Balaban J connectivity index is 1.83. The molecule has 0 amide bonds. The number of aliphatic hydroxyl groups is 4. The number of hydrogen-bond donors (Lipinski definition) is 6. The van der Waals surface area contributed by atoms with Crippen LogP contribution < -0.4 is 0 Å². The fraction of sp³-hybridized carbons (Fsp3) is 1.00. The van der Waals surface area contributed by atoms with Gasteiger partial charge in [0.25, 0.3) is 0 Å². The molecule has 2 heterocycles. The predicted octanol–water partition coefficient (Wildman–Crippen LogP) is -1.74. The summed E-state index contributed by atoms with van der Waals surface area (Å²) >= 11 is 0. The lowest BCUT2D eigenvalue weighted by atomic mass is 10.1. The second-order valence-corrected chi connectivity index (χ2v) is 9.38. The van der Waals surface area contributed by atoms with Gasteiger partial charge in [-0.05, 0) is 13.8 Å². The largest absolute Gasteiger partial charge is 0.481 e. The predicted molar refractivity (Wildman–Crippen MR) is 85.3 cm³/mol. The van der Waals surface area contributed by atoms with Gasteiger partial charge in [0, 0.05) is 0 Å². The molecule has 2 saturated heterocycles. The van der Waals surface area contributed by atoms with E-state index in [0.29, 0.717) is 0 Å². The molecule has 4 unspecified atom stereocenters. The minimum absolute atomic E-state index is 0.704. The van der Waals surface area contributed by atoms with Crippen LogP contribution in [0.1, 0.15) is 13.8 Å². The number of phosphoric ester groups is 2. The summed E-state index contributed by atoms with van der Waals surface area (Å²) in [6.45, 7) is 1.53. The number of aliphatic hydroxyl groups excluding tert-OH is 4. The van der Waals surface area contributed by atoms with E-state index < -0.39 is 77.7 Å². The van der Waals surface area contributed by atoms with Crippen molar-refractivity contribution in [2.45, 2.75) is 62.7 Å². The van der Waals surface area contributed by atoms with Gasteiger partial charge in [-0.1, -0.05) is 0 Å². The topological polar surface area (TPSA) is 202 Å². The Morgan fingerprint density at radius 2 is 1.07 bits per heavy atom. The Morgan fingerprint density at radius 3 is 1.33 bits per heavy atom. The van der Waals surface area contributed by atoms with E-state index in [1.54, 1.807) is 0 Å². The Hall–Kier alpha value is 0.0200. The van der Waals surface area contributed by atoms with Crippen molar-refractivity contribution in [2.75, 3.05) is 13.2 Å². The highest BCUT2D eigenvalue weighted by molar-refractivity contribution is 7.61. The Labute approximate surface area is 154 Å². The van der Waals surface area contributed by atoms with E-state index in [2.05, 4.69) is 13.4 Å². The zero-order valence-corrected chi connectivity index (χ0v) is 16.3. The van der Waals surface area contributed by atoms with Crippen molar-refractivity contribution in [3.63, 3.8) is 0 Å². The summed E-state index contributed by atoms with van der Waals surface area (Å²) in [4.78, 5) is 19.1. The maximum Gasteiger partial charge on any atom is 0.481 e. The number of hydrogen-bond acceptors (Lipinski definition) is 11. The third-order valence-electron chi connectivity index (χ3n) is 4.21. The molecular formula is C12H24O13P2. The summed E-state index contributed by atoms with van der Waals surface area (Å²) in [5, 5.41) is 38.4. The second kappa shape index (κ2) is 8.80. The van der Waals surface area contributed by atoms with Crippen LogP contribution in [-0.4, -0.2) is 92.3 Å². The molecule has 2 aliphatic rings. The molecule has 0 spiro atoms. The first kappa shape index (κ1) is 23.3. The minimum Gasteiger partial charge on any atom is -0.388 e. The van der Waals surface area contributed by atoms with Crippen molar-refractivity contribution in [3.05, 3.63) is 0 Å². The number of phosphoric acid groups is 2. The normalized spacial score (nSPS) is 44.1. The lowest BCUT2D eigenvalue weighted by Gasteiger charge is -2.20. The van der Waals surface area contributed by atoms with Crippen LogP contribution in [0.3, 0.4) is 0 Å². The first-order chi connectivity index (χ1) is 12.3. The van der Waals surface area contributed by atoms with E-state index in [0.717, 1.165) is 0 Å². The van der Waals surface area contributed by atoms with Gasteiger partial charge in [0.05, 0.1) is 25.4 Å². The van der Waals surface area contributed by atoms with Crippen molar-refractivity contribution >= 4 is 15.6 Å². The highest BCUT2D eigenvalue weighted by Gasteiger charge is 2.44. The zero-order valence-electron chi connectivity index (χ0n) is 14.5. The molecule has 0 aromatic carbocycles. The lowest BCUT2D eigenvalue weighted by Crippen LogP contribution is -2.34. The quantitative estimate of drug-likeness (QED) is 0.233. The summed E-state index contributed by atoms with van der Waals surface area (Å²) in [6.07, 6.45) is -8.99. The van der Waals surface area contributed by atoms with Crippen LogP contribution in [0, 0.1) is 0 Å². The zero-order chi connectivity index (χ0) is 20.6. The fourth-order valence-corrected chi connectivity index (χ4v) is 4.75. The Morgan fingerprint density at radius 1 is 0.741 bits per heavy atom. The van der Waals surface area contributed by atoms with Crippen LogP contribution in [-0.2, 0) is 32.0 Å². The highest BCUT2D eigenvalue weighted by Crippen LogP contribution is 2.60. The van der Waals surface area contributed by atoms with Crippen LogP contribution in [0.4, 0.5) is 0 Å². The monoisotopic (exact) mass is 438 g/mol. The van der Waals surface area contributed by atoms with Gasteiger partial charge in [0.15, 0.2) is 0 Å². The highest BCUT2D eigenvalue weighted by atomic mass is 31.3. The summed E-state index contributed by atoms with van der Waals surface area (Å²) in [6, 6.07) is 0. The van der Waals surface area contributed by atoms with Gasteiger partial charge >= 0.3 is 15.6 Å². The molecule has 0 aromatic heterocycles. The molecule has 2 rings (SSSR count). The molecule has 13 nitrogen and oxygen atoms in total. The SMILES string of the molecule is CC1O[C@H](COP(=O)(O)OP(=O)(O)OC[C@H]2OC(C)[C@H](O)[C@@H]2O)[C@@H](O)[C@H]1O. The van der Waals surface area contributed by atoms with E-state index in [1.165, 1.54) is 13.8 Å². The van der Waals surface area contributed by atoms with E-state index in [1.807, 2.05) is 0 Å². The van der Waals surface area contributed by atoms with Gasteiger partial charge < -0.3 is 39.7 Å². The van der Waals surface area contributed by atoms with Crippen molar-refractivity contribution in [1.82, 2.24) is 0 Å². The Bertz CT molecular complexity index is 552. The average molecular weight is 438 g/mol. The van der Waals surface area contributed by atoms with Crippen LogP contribution in [0.25, 0.3) is 0 Å². The lowest BCUT2D eigenvalue weighted by molar-refractivity contribution is -0.0220. The second-order valence-electron chi connectivity index (χ2n) is 6.33. The molecule has 15 heteroatoms. The molecular weight excluding hydrogens is 414 g/mol. The number of rotatable bonds is 8. The van der Waals surface area contributed by atoms with E-state index in [-0.39, 0.29) is 0 Å². The molecule has 0 bridgehead atoms. The fourth-order valence-electron chi connectivity index (χ4n) is 2.66. The van der Waals surface area contributed by atoms with Crippen molar-refractivity contribution < 1.29 is 62.2 Å². The van der Waals surface area contributed by atoms with E-state index in [9.17, 15) is 39.3 Å². The first-order valence-electron chi connectivity index (χ1n) is 8.02. The molecule has 27 heavy (non-hydrogen) atoms.